The van der Waals surface area contributed by atoms with E-state index in [9.17, 15) is 14.9 Å². The lowest BCUT2D eigenvalue weighted by Crippen LogP contribution is -2.11. The second-order valence-corrected chi connectivity index (χ2v) is 4.06. The Morgan fingerprint density at radius 1 is 1.44 bits per heavy atom. The van der Waals surface area contributed by atoms with Gasteiger partial charge in [0.05, 0.1) is 15.6 Å². The highest BCUT2D eigenvalue weighted by Gasteiger charge is 2.11. The van der Waals surface area contributed by atoms with E-state index in [1.807, 2.05) is 0 Å². The van der Waals surface area contributed by atoms with Gasteiger partial charge in [-0.05, 0) is 18.9 Å². The van der Waals surface area contributed by atoms with Gasteiger partial charge in [-0.1, -0.05) is 11.6 Å². The van der Waals surface area contributed by atoms with Gasteiger partial charge in [-0.15, -0.1) is 0 Å². The molecule has 0 heterocycles. The Bertz CT molecular complexity index is 451. The summed E-state index contributed by atoms with van der Waals surface area (Å²) in [5.74, 6) is -0.286. The zero-order valence-corrected chi connectivity index (χ0v) is 10.3. The van der Waals surface area contributed by atoms with E-state index in [2.05, 4.69) is 5.32 Å². The van der Waals surface area contributed by atoms with Crippen LogP contribution in [0.4, 0.5) is 11.4 Å². The Kier molecular flexibility index (Phi) is 5.54. The molecule has 0 bridgehead atoms. The van der Waals surface area contributed by atoms with Crippen molar-refractivity contribution in [2.24, 2.45) is 0 Å². The molecule has 98 valence electrons. The average molecular weight is 273 g/mol. The van der Waals surface area contributed by atoms with Gasteiger partial charge in [0.2, 0.25) is 5.91 Å². The molecule has 7 heteroatoms. The third kappa shape index (κ3) is 4.31. The number of hydrogen-bond acceptors (Lipinski definition) is 4. The second-order valence-electron chi connectivity index (χ2n) is 3.65. The van der Waals surface area contributed by atoms with E-state index in [1.165, 1.54) is 18.2 Å². The van der Waals surface area contributed by atoms with Crippen LogP contribution in [0.25, 0.3) is 0 Å². The SMILES string of the molecule is O=C(CCCCO)Nc1cc([N+](=O)[O-])ccc1Cl. The molecule has 0 aromatic heterocycles. The summed E-state index contributed by atoms with van der Waals surface area (Å²) < 4.78 is 0. The average Bonchev–Trinajstić information content (AvgIpc) is 2.32. The van der Waals surface area contributed by atoms with Crippen LogP contribution >= 0.6 is 11.6 Å². The molecular formula is C11H13ClN2O4. The molecule has 18 heavy (non-hydrogen) atoms. The van der Waals surface area contributed by atoms with E-state index in [-0.39, 0.29) is 35.3 Å². The molecule has 1 aromatic carbocycles. The predicted molar refractivity (Wildman–Crippen MR) is 67.7 cm³/mol. The quantitative estimate of drug-likeness (QED) is 0.472. The molecule has 0 aliphatic rings. The minimum absolute atomic E-state index is 0.0326. The fourth-order valence-electron chi connectivity index (χ4n) is 1.33. The van der Waals surface area contributed by atoms with Gasteiger partial charge in [0, 0.05) is 25.2 Å². The highest BCUT2D eigenvalue weighted by atomic mass is 35.5. The van der Waals surface area contributed by atoms with E-state index >= 15 is 0 Å². The van der Waals surface area contributed by atoms with Crippen LogP contribution in [0.15, 0.2) is 18.2 Å². The van der Waals surface area contributed by atoms with Crippen LogP contribution in [-0.4, -0.2) is 22.5 Å². The van der Waals surface area contributed by atoms with Crippen molar-refractivity contribution in [2.75, 3.05) is 11.9 Å². The summed E-state index contributed by atoms with van der Waals surface area (Å²) in [6.45, 7) is 0.0326. The van der Waals surface area contributed by atoms with Crippen molar-refractivity contribution in [2.45, 2.75) is 19.3 Å². The summed E-state index contributed by atoms with van der Waals surface area (Å²) in [6, 6.07) is 3.85. The molecule has 0 fully saturated rings. The zero-order chi connectivity index (χ0) is 13.5. The first-order chi connectivity index (χ1) is 8.54. The first kappa shape index (κ1) is 14.4. The number of halogens is 1. The van der Waals surface area contributed by atoms with Gasteiger partial charge >= 0.3 is 0 Å². The summed E-state index contributed by atoms with van der Waals surface area (Å²) in [4.78, 5) is 21.5. The molecular weight excluding hydrogens is 260 g/mol. The third-order valence-electron chi connectivity index (χ3n) is 2.25. The van der Waals surface area contributed by atoms with Crippen molar-refractivity contribution in [1.82, 2.24) is 0 Å². The maximum atomic E-state index is 11.5. The Balaban J connectivity index is 2.68. The predicted octanol–water partition coefficient (Wildman–Crippen LogP) is 2.35. The smallest absolute Gasteiger partial charge is 0.271 e. The third-order valence-corrected chi connectivity index (χ3v) is 2.58. The van der Waals surface area contributed by atoms with Gasteiger partial charge < -0.3 is 10.4 Å². The molecule has 0 saturated carbocycles. The Labute approximate surface area is 109 Å². The van der Waals surface area contributed by atoms with Crippen molar-refractivity contribution in [3.63, 3.8) is 0 Å². The van der Waals surface area contributed by atoms with Crippen molar-refractivity contribution in [1.29, 1.82) is 0 Å². The zero-order valence-electron chi connectivity index (χ0n) is 9.56. The minimum atomic E-state index is -0.558. The van der Waals surface area contributed by atoms with Crippen LogP contribution in [0.5, 0.6) is 0 Å². The number of nitro groups is 1. The lowest BCUT2D eigenvalue weighted by molar-refractivity contribution is -0.384. The van der Waals surface area contributed by atoms with Crippen LogP contribution in [0.3, 0.4) is 0 Å². The molecule has 0 spiro atoms. The molecule has 0 atom stereocenters. The van der Waals surface area contributed by atoms with Crippen LogP contribution < -0.4 is 5.32 Å². The number of unbranched alkanes of at least 4 members (excludes halogenated alkanes) is 1. The van der Waals surface area contributed by atoms with Crippen molar-refractivity contribution in [3.05, 3.63) is 33.3 Å². The van der Waals surface area contributed by atoms with Gasteiger partial charge in [0.15, 0.2) is 0 Å². The molecule has 0 aliphatic carbocycles. The number of amides is 1. The molecule has 6 nitrogen and oxygen atoms in total. The topological polar surface area (TPSA) is 92.5 Å². The van der Waals surface area contributed by atoms with Gasteiger partial charge in [-0.3, -0.25) is 14.9 Å². The van der Waals surface area contributed by atoms with Crippen LogP contribution in [0.2, 0.25) is 5.02 Å². The molecule has 0 aliphatic heterocycles. The van der Waals surface area contributed by atoms with Crippen molar-refractivity contribution < 1.29 is 14.8 Å². The minimum Gasteiger partial charge on any atom is -0.396 e. The number of aliphatic hydroxyl groups excluding tert-OH is 1. The van der Waals surface area contributed by atoms with Crippen LogP contribution in [0, 0.1) is 10.1 Å². The van der Waals surface area contributed by atoms with E-state index in [0.29, 0.717) is 12.8 Å². The number of nitrogens with zero attached hydrogens (tertiary/aromatic N) is 1. The van der Waals surface area contributed by atoms with Crippen molar-refractivity contribution >= 4 is 28.9 Å². The Morgan fingerprint density at radius 3 is 2.78 bits per heavy atom. The number of non-ortho nitro benzene ring substituents is 1. The van der Waals surface area contributed by atoms with E-state index in [1.54, 1.807) is 0 Å². The largest absolute Gasteiger partial charge is 0.396 e. The van der Waals surface area contributed by atoms with Crippen LogP contribution in [-0.2, 0) is 4.79 Å². The number of nitro benzene ring substituents is 1. The molecule has 0 unspecified atom stereocenters. The summed E-state index contributed by atoms with van der Waals surface area (Å²) in [5, 5.41) is 21.9. The summed E-state index contributed by atoms with van der Waals surface area (Å²) in [6.07, 6.45) is 1.32. The van der Waals surface area contributed by atoms with Gasteiger partial charge in [0.1, 0.15) is 0 Å². The molecule has 0 saturated heterocycles. The van der Waals surface area contributed by atoms with Crippen molar-refractivity contribution in [3.8, 4) is 0 Å². The molecule has 0 radical (unpaired) electrons. The summed E-state index contributed by atoms with van der Waals surface area (Å²) >= 11 is 5.83. The normalized spacial score (nSPS) is 10.1. The molecule has 2 N–H and O–H groups in total. The summed E-state index contributed by atoms with van der Waals surface area (Å²) in [7, 11) is 0. The number of aliphatic hydroxyl groups is 1. The summed E-state index contributed by atoms with van der Waals surface area (Å²) in [5.41, 5.74) is 0.0879. The number of anilines is 1. The Hall–Kier alpha value is -1.66. The number of carbonyl (C=O) groups excluding carboxylic acids is 1. The fraction of sp³-hybridized carbons (Fsp3) is 0.364. The first-order valence-electron chi connectivity index (χ1n) is 5.39. The number of hydrogen-bond donors (Lipinski definition) is 2. The number of benzene rings is 1. The lowest BCUT2D eigenvalue weighted by atomic mass is 10.2. The lowest BCUT2D eigenvalue weighted by Gasteiger charge is -2.06. The van der Waals surface area contributed by atoms with Gasteiger partial charge in [0.25, 0.3) is 5.69 Å². The Morgan fingerprint density at radius 2 is 2.17 bits per heavy atom. The molecule has 1 aromatic rings. The fourth-order valence-corrected chi connectivity index (χ4v) is 1.50. The first-order valence-corrected chi connectivity index (χ1v) is 5.77. The molecule has 1 rings (SSSR count). The highest BCUT2D eigenvalue weighted by Crippen LogP contribution is 2.26. The number of nitrogens with one attached hydrogen (secondary N) is 1. The molecule has 1 amide bonds. The van der Waals surface area contributed by atoms with Gasteiger partial charge in [-0.2, -0.15) is 0 Å². The maximum Gasteiger partial charge on any atom is 0.271 e. The van der Waals surface area contributed by atoms with Crippen LogP contribution in [0.1, 0.15) is 19.3 Å². The second kappa shape index (κ2) is 6.93. The number of carbonyl (C=O) groups is 1. The number of rotatable bonds is 6. The van der Waals surface area contributed by atoms with Gasteiger partial charge in [-0.25, -0.2) is 0 Å². The van der Waals surface area contributed by atoms with E-state index in [4.69, 9.17) is 16.7 Å². The monoisotopic (exact) mass is 272 g/mol. The maximum absolute atomic E-state index is 11.5. The standard InChI is InChI=1S/C11H13ClN2O4/c12-9-5-4-8(14(17)18)7-10(9)13-11(16)3-1-2-6-15/h4-5,7,15H,1-3,6H2,(H,13,16). The van der Waals surface area contributed by atoms with E-state index < -0.39 is 4.92 Å². The highest BCUT2D eigenvalue weighted by molar-refractivity contribution is 6.33. The van der Waals surface area contributed by atoms with E-state index in [0.717, 1.165) is 0 Å².